The summed E-state index contributed by atoms with van der Waals surface area (Å²) in [6.45, 7) is -0.857. The molecule has 0 unspecified atom stereocenters. The first-order valence-electron chi connectivity index (χ1n) is 7.99. The predicted molar refractivity (Wildman–Crippen MR) is 94.1 cm³/mol. The van der Waals surface area contributed by atoms with Crippen LogP contribution >= 0.6 is 0 Å². The molecular weight excluding hydrogens is 395 g/mol. The SMILES string of the molecule is N#CCN(Cc1ccccc1)C(=O)CNS(=O)(=O)c1cccc(C(F)(F)F)c1. The summed E-state index contributed by atoms with van der Waals surface area (Å²) in [5.41, 5.74) is -0.372. The molecule has 28 heavy (non-hydrogen) atoms. The molecule has 10 heteroatoms. The van der Waals surface area contributed by atoms with Gasteiger partial charge in [-0.25, -0.2) is 13.1 Å². The van der Waals surface area contributed by atoms with Gasteiger partial charge in [-0.1, -0.05) is 36.4 Å². The quantitative estimate of drug-likeness (QED) is 0.709. The Kier molecular flexibility index (Phi) is 6.77. The van der Waals surface area contributed by atoms with Crippen molar-refractivity contribution in [2.45, 2.75) is 17.6 Å². The van der Waals surface area contributed by atoms with Crippen LogP contribution in [0.15, 0.2) is 59.5 Å². The Hall–Kier alpha value is -2.90. The van der Waals surface area contributed by atoms with Crippen molar-refractivity contribution in [3.63, 3.8) is 0 Å². The lowest BCUT2D eigenvalue weighted by molar-refractivity contribution is -0.137. The first-order valence-corrected chi connectivity index (χ1v) is 9.47. The van der Waals surface area contributed by atoms with Crippen LogP contribution in [0.1, 0.15) is 11.1 Å². The second-order valence-electron chi connectivity index (χ2n) is 5.74. The van der Waals surface area contributed by atoms with Crippen LogP contribution in [-0.2, 0) is 27.5 Å². The first-order chi connectivity index (χ1) is 13.1. The third kappa shape index (κ3) is 5.80. The smallest absolute Gasteiger partial charge is 0.324 e. The molecule has 0 radical (unpaired) electrons. The van der Waals surface area contributed by atoms with E-state index in [1.807, 2.05) is 10.8 Å². The van der Waals surface area contributed by atoms with Crippen molar-refractivity contribution in [1.82, 2.24) is 9.62 Å². The molecule has 1 N–H and O–H groups in total. The number of nitrogens with zero attached hydrogens (tertiary/aromatic N) is 2. The highest BCUT2D eigenvalue weighted by Crippen LogP contribution is 2.30. The van der Waals surface area contributed by atoms with Crippen LogP contribution in [0.25, 0.3) is 0 Å². The maximum Gasteiger partial charge on any atom is 0.416 e. The molecule has 0 aliphatic heterocycles. The van der Waals surface area contributed by atoms with Gasteiger partial charge in [-0.15, -0.1) is 0 Å². The molecule has 2 aromatic carbocycles. The van der Waals surface area contributed by atoms with Gasteiger partial charge in [0, 0.05) is 6.54 Å². The minimum atomic E-state index is -4.69. The molecule has 0 aromatic heterocycles. The number of hydrogen-bond donors (Lipinski definition) is 1. The van der Waals surface area contributed by atoms with E-state index in [4.69, 9.17) is 5.26 Å². The maximum atomic E-state index is 12.8. The summed E-state index contributed by atoms with van der Waals surface area (Å²) >= 11 is 0. The van der Waals surface area contributed by atoms with Gasteiger partial charge in [-0.3, -0.25) is 4.79 Å². The molecule has 0 heterocycles. The van der Waals surface area contributed by atoms with Crippen LogP contribution in [-0.4, -0.2) is 32.3 Å². The Bertz CT molecular complexity index is 971. The van der Waals surface area contributed by atoms with Gasteiger partial charge >= 0.3 is 6.18 Å². The minimum absolute atomic E-state index is 0.0958. The lowest BCUT2D eigenvalue weighted by Gasteiger charge is -2.20. The summed E-state index contributed by atoms with van der Waals surface area (Å²) in [6.07, 6.45) is -4.69. The van der Waals surface area contributed by atoms with Crippen LogP contribution in [0.3, 0.4) is 0 Å². The van der Waals surface area contributed by atoms with Crippen molar-refractivity contribution in [2.24, 2.45) is 0 Å². The van der Waals surface area contributed by atoms with Crippen LogP contribution < -0.4 is 4.72 Å². The van der Waals surface area contributed by atoms with E-state index < -0.39 is 39.1 Å². The highest BCUT2D eigenvalue weighted by molar-refractivity contribution is 7.89. The highest BCUT2D eigenvalue weighted by atomic mass is 32.2. The average Bonchev–Trinajstić information content (AvgIpc) is 2.66. The van der Waals surface area contributed by atoms with E-state index in [9.17, 15) is 26.4 Å². The Morgan fingerprint density at radius 3 is 2.39 bits per heavy atom. The predicted octanol–water partition coefficient (Wildman–Crippen LogP) is 2.54. The molecule has 0 aliphatic carbocycles. The number of nitrogens with one attached hydrogen (secondary N) is 1. The highest BCUT2D eigenvalue weighted by Gasteiger charge is 2.31. The second-order valence-corrected chi connectivity index (χ2v) is 7.51. The normalized spacial score (nSPS) is 11.6. The van der Waals surface area contributed by atoms with Crippen molar-refractivity contribution in [2.75, 3.05) is 13.1 Å². The summed E-state index contributed by atoms with van der Waals surface area (Å²) in [6, 6.07) is 13.8. The van der Waals surface area contributed by atoms with E-state index in [-0.39, 0.29) is 13.1 Å². The number of hydrogen-bond acceptors (Lipinski definition) is 4. The van der Waals surface area contributed by atoms with E-state index in [0.29, 0.717) is 6.07 Å². The standard InChI is InChI=1S/C18H16F3N3O3S/c19-18(20,21)15-7-4-8-16(11-15)28(26,27)23-12-17(25)24(10-9-22)13-14-5-2-1-3-6-14/h1-8,11,23H,10,12-13H2. The van der Waals surface area contributed by atoms with Gasteiger partial charge in [0.05, 0.1) is 23.1 Å². The molecule has 0 saturated heterocycles. The molecule has 0 saturated carbocycles. The van der Waals surface area contributed by atoms with Crippen LogP contribution in [0.4, 0.5) is 13.2 Å². The summed E-state index contributed by atoms with van der Waals surface area (Å²) in [5, 5.41) is 8.89. The van der Waals surface area contributed by atoms with Gasteiger partial charge in [0.1, 0.15) is 6.54 Å². The molecule has 148 valence electrons. The lowest BCUT2D eigenvalue weighted by Crippen LogP contribution is -2.40. The number of amides is 1. The minimum Gasteiger partial charge on any atom is -0.324 e. The molecule has 6 nitrogen and oxygen atoms in total. The summed E-state index contributed by atoms with van der Waals surface area (Å²) in [7, 11) is -4.34. The second kappa shape index (κ2) is 8.86. The summed E-state index contributed by atoms with van der Waals surface area (Å²) in [5.74, 6) is -0.680. The largest absolute Gasteiger partial charge is 0.416 e. The number of nitriles is 1. The molecule has 1 amide bonds. The van der Waals surface area contributed by atoms with E-state index in [1.165, 1.54) is 0 Å². The zero-order valence-electron chi connectivity index (χ0n) is 14.5. The van der Waals surface area contributed by atoms with Crippen molar-refractivity contribution in [3.05, 3.63) is 65.7 Å². The van der Waals surface area contributed by atoms with Crippen LogP contribution in [0, 0.1) is 11.3 Å². The number of benzene rings is 2. The molecule has 0 atom stereocenters. The Labute approximate surface area is 160 Å². The molecule has 2 rings (SSSR count). The zero-order chi connectivity index (χ0) is 20.8. The molecule has 0 bridgehead atoms. The van der Waals surface area contributed by atoms with E-state index in [1.54, 1.807) is 30.3 Å². The van der Waals surface area contributed by atoms with Crippen molar-refractivity contribution >= 4 is 15.9 Å². The Morgan fingerprint density at radius 1 is 1.11 bits per heavy atom. The fourth-order valence-corrected chi connectivity index (χ4v) is 3.33. The van der Waals surface area contributed by atoms with Crippen LogP contribution in [0.5, 0.6) is 0 Å². The number of halogens is 3. The van der Waals surface area contributed by atoms with E-state index >= 15 is 0 Å². The van der Waals surface area contributed by atoms with Gasteiger partial charge in [-0.05, 0) is 23.8 Å². The fraction of sp³-hybridized carbons (Fsp3) is 0.222. The number of sulfonamides is 1. The van der Waals surface area contributed by atoms with E-state index in [0.717, 1.165) is 28.7 Å². The number of rotatable bonds is 7. The maximum absolute atomic E-state index is 12.8. The molecule has 0 spiro atoms. The molecule has 0 aliphatic rings. The number of carbonyl (C=O) groups excluding carboxylic acids is 1. The van der Waals surface area contributed by atoms with Crippen LogP contribution in [0.2, 0.25) is 0 Å². The fourth-order valence-electron chi connectivity index (χ4n) is 2.31. The average molecular weight is 411 g/mol. The summed E-state index contributed by atoms with van der Waals surface area (Å²) < 4.78 is 64.7. The van der Waals surface area contributed by atoms with E-state index in [2.05, 4.69) is 0 Å². The molecule has 0 fully saturated rings. The summed E-state index contributed by atoms with van der Waals surface area (Å²) in [4.78, 5) is 12.8. The van der Waals surface area contributed by atoms with Gasteiger partial charge in [0.2, 0.25) is 15.9 Å². The van der Waals surface area contributed by atoms with Gasteiger partial charge < -0.3 is 4.90 Å². The zero-order valence-corrected chi connectivity index (χ0v) is 15.3. The Balaban J connectivity index is 2.10. The monoisotopic (exact) mass is 411 g/mol. The first kappa shape index (κ1) is 21.4. The number of alkyl halides is 3. The van der Waals surface area contributed by atoms with Gasteiger partial charge in [-0.2, -0.15) is 18.4 Å². The van der Waals surface area contributed by atoms with Gasteiger partial charge in [0.25, 0.3) is 0 Å². The van der Waals surface area contributed by atoms with Crippen molar-refractivity contribution in [1.29, 1.82) is 5.26 Å². The Morgan fingerprint density at radius 2 is 1.79 bits per heavy atom. The molecule has 2 aromatic rings. The molecular formula is C18H16F3N3O3S. The third-order valence-corrected chi connectivity index (χ3v) is 5.11. The lowest BCUT2D eigenvalue weighted by atomic mass is 10.2. The topological polar surface area (TPSA) is 90.3 Å². The van der Waals surface area contributed by atoms with Crippen molar-refractivity contribution in [3.8, 4) is 6.07 Å². The third-order valence-electron chi connectivity index (χ3n) is 3.72. The number of carbonyl (C=O) groups is 1. The van der Waals surface area contributed by atoms with Crippen molar-refractivity contribution < 1.29 is 26.4 Å². The van der Waals surface area contributed by atoms with Gasteiger partial charge in [0.15, 0.2) is 0 Å².